The standard InChI is InChI=1S/C45H83N2O7P/c1-6-8-10-12-14-16-18-20-21-22-23-24-25-26-28-30-32-34-36-38-44(49)46-42(41-54-55(51,52)53-40-39-47(3,4)5)45(50)43(48)37-35-33-31-29-27-19-17-15-13-11-9-7-2/h7,9,14-17,20-21,29,31,42-43,45,48,50H,6,8,10-13,18-19,22-28,30,32-41H2,1-5H3,(H-,46,49,51,52)/p+1/b9-7+,16-14-,17-15+,21-20-,31-29+. The van der Waals surface area contributed by atoms with E-state index < -0.39 is 32.7 Å². The summed E-state index contributed by atoms with van der Waals surface area (Å²) in [6.45, 7) is 4.31. The molecule has 10 heteroatoms. The third-order valence-corrected chi connectivity index (χ3v) is 10.4. The second kappa shape index (κ2) is 36.5. The zero-order chi connectivity index (χ0) is 40.9. The van der Waals surface area contributed by atoms with E-state index in [1.54, 1.807) is 0 Å². The Kier molecular flexibility index (Phi) is 35.3. The van der Waals surface area contributed by atoms with Crippen molar-refractivity contribution in [3.63, 3.8) is 0 Å². The van der Waals surface area contributed by atoms with Crippen LogP contribution < -0.4 is 5.32 Å². The van der Waals surface area contributed by atoms with Gasteiger partial charge in [-0.2, -0.15) is 0 Å². The second-order valence-electron chi connectivity index (χ2n) is 15.8. The summed E-state index contributed by atoms with van der Waals surface area (Å²) in [7, 11) is 1.39. The van der Waals surface area contributed by atoms with Crippen LogP contribution in [0.15, 0.2) is 60.8 Å². The number of aliphatic hydroxyl groups excluding tert-OH is 2. The van der Waals surface area contributed by atoms with E-state index in [1.807, 2.05) is 28.1 Å². The normalized spacial score (nSPS) is 15.6. The van der Waals surface area contributed by atoms with Crippen molar-refractivity contribution >= 4 is 13.7 Å². The molecule has 0 aliphatic carbocycles. The monoisotopic (exact) mass is 796 g/mol. The Morgan fingerprint density at radius 1 is 0.673 bits per heavy atom. The largest absolute Gasteiger partial charge is 0.472 e. The highest BCUT2D eigenvalue weighted by atomic mass is 31.2. The zero-order valence-electron chi connectivity index (χ0n) is 35.8. The minimum atomic E-state index is -4.43. The third kappa shape index (κ3) is 37.5. The predicted molar refractivity (Wildman–Crippen MR) is 232 cm³/mol. The van der Waals surface area contributed by atoms with Crippen molar-refractivity contribution in [2.24, 2.45) is 0 Å². The molecule has 0 aromatic carbocycles. The van der Waals surface area contributed by atoms with Gasteiger partial charge >= 0.3 is 7.82 Å². The highest BCUT2D eigenvalue weighted by molar-refractivity contribution is 7.47. The lowest BCUT2D eigenvalue weighted by Crippen LogP contribution is -2.51. The number of aliphatic hydroxyl groups is 2. The summed E-state index contributed by atoms with van der Waals surface area (Å²) in [5.41, 5.74) is 0. The van der Waals surface area contributed by atoms with Crippen molar-refractivity contribution in [2.75, 3.05) is 40.9 Å². The Morgan fingerprint density at radius 2 is 1.16 bits per heavy atom. The first kappa shape index (κ1) is 53.2. The fourth-order valence-electron chi connectivity index (χ4n) is 5.86. The number of quaternary nitrogens is 1. The minimum Gasteiger partial charge on any atom is -0.390 e. The molecule has 0 aromatic heterocycles. The van der Waals surface area contributed by atoms with Gasteiger partial charge in [0.25, 0.3) is 0 Å². The lowest BCUT2D eigenvalue weighted by molar-refractivity contribution is -0.870. The van der Waals surface area contributed by atoms with E-state index in [-0.39, 0.29) is 18.9 Å². The van der Waals surface area contributed by atoms with Crippen LogP contribution in [0.4, 0.5) is 0 Å². The summed E-state index contributed by atoms with van der Waals surface area (Å²) in [6.07, 6.45) is 42.9. The molecule has 0 heterocycles. The second-order valence-corrected chi connectivity index (χ2v) is 17.3. The van der Waals surface area contributed by atoms with Crippen molar-refractivity contribution in [2.45, 2.75) is 180 Å². The van der Waals surface area contributed by atoms with Crippen molar-refractivity contribution in [3.05, 3.63) is 60.8 Å². The first-order chi connectivity index (χ1) is 26.4. The van der Waals surface area contributed by atoms with E-state index in [9.17, 15) is 24.5 Å². The molecule has 0 spiro atoms. The van der Waals surface area contributed by atoms with E-state index in [1.165, 1.54) is 57.8 Å². The molecule has 0 rings (SSSR count). The average Bonchev–Trinajstić information content (AvgIpc) is 3.13. The molecule has 320 valence electrons. The topological polar surface area (TPSA) is 125 Å². The summed E-state index contributed by atoms with van der Waals surface area (Å²) >= 11 is 0. The van der Waals surface area contributed by atoms with Crippen LogP contribution >= 0.6 is 7.82 Å². The number of likely N-dealkylation sites (N-methyl/N-ethyl adjacent to an activating group) is 1. The fraction of sp³-hybridized carbons (Fsp3) is 0.756. The first-order valence-electron chi connectivity index (χ1n) is 21.7. The molecule has 0 saturated heterocycles. The smallest absolute Gasteiger partial charge is 0.390 e. The van der Waals surface area contributed by atoms with E-state index in [4.69, 9.17) is 9.05 Å². The zero-order valence-corrected chi connectivity index (χ0v) is 36.7. The lowest BCUT2D eigenvalue weighted by Gasteiger charge is -2.28. The van der Waals surface area contributed by atoms with Crippen molar-refractivity contribution < 1.29 is 38.0 Å². The number of hydrogen-bond acceptors (Lipinski definition) is 6. The molecule has 4 unspecified atom stereocenters. The van der Waals surface area contributed by atoms with Gasteiger partial charge in [0.2, 0.25) is 5.91 Å². The van der Waals surface area contributed by atoms with Crippen molar-refractivity contribution in [1.82, 2.24) is 5.32 Å². The van der Waals surface area contributed by atoms with Crippen LogP contribution in [0, 0.1) is 0 Å². The predicted octanol–water partition coefficient (Wildman–Crippen LogP) is 10.8. The van der Waals surface area contributed by atoms with Gasteiger partial charge in [-0.05, 0) is 90.4 Å². The molecule has 0 radical (unpaired) electrons. The maximum Gasteiger partial charge on any atom is 0.472 e. The Morgan fingerprint density at radius 3 is 1.73 bits per heavy atom. The maximum absolute atomic E-state index is 12.9. The highest BCUT2D eigenvalue weighted by Gasteiger charge is 2.31. The molecule has 0 aliphatic heterocycles. The van der Waals surface area contributed by atoms with Crippen LogP contribution in [0.3, 0.4) is 0 Å². The third-order valence-electron chi connectivity index (χ3n) is 9.38. The van der Waals surface area contributed by atoms with Gasteiger partial charge in [0.15, 0.2) is 0 Å². The van der Waals surface area contributed by atoms with Gasteiger partial charge in [-0.3, -0.25) is 13.8 Å². The number of carbonyl (C=O) groups is 1. The SMILES string of the molecule is C/C=C/CC/C=C/CC/C=C/CCCC(O)C(O)C(COP(=O)(O)OCC[N+](C)(C)C)NC(=O)CCCCCCCCCCC/C=C\C/C=C\CCCCC. The molecule has 0 aliphatic rings. The Labute approximate surface area is 337 Å². The van der Waals surface area contributed by atoms with Gasteiger partial charge < -0.3 is 24.9 Å². The highest BCUT2D eigenvalue weighted by Crippen LogP contribution is 2.43. The molecular weight excluding hydrogens is 711 g/mol. The van der Waals surface area contributed by atoms with Gasteiger partial charge in [-0.25, -0.2) is 4.57 Å². The number of allylic oxidation sites excluding steroid dienone is 10. The molecule has 55 heavy (non-hydrogen) atoms. The van der Waals surface area contributed by atoms with E-state index in [0.29, 0.717) is 30.3 Å². The van der Waals surface area contributed by atoms with Crippen molar-refractivity contribution in [1.29, 1.82) is 0 Å². The number of amides is 1. The summed E-state index contributed by atoms with van der Waals surface area (Å²) < 4.78 is 23.4. The number of rotatable bonds is 38. The van der Waals surface area contributed by atoms with Crippen molar-refractivity contribution in [3.8, 4) is 0 Å². The minimum absolute atomic E-state index is 0.00894. The van der Waals surface area contributed by atoms with Gasteiger partial charge in [-0.15, -0.1) is 0 Å². The number of nitrogens with one attached hydrogen (secondary N) is 1. The fourth-order valence-corrected chi connectivity index (χ4v) is 6.59. The van der Waals surface area contributed by atoms with E-state index in [0.717, 1.165) is 64.2 Å². The molecule has 0 bridgehead atoms. The van der Waals surface area contributed by atoms with Crippen LogP contribution in [-0.4, -0.2) is 84.6 Å². The number of nitrogens with zero attached hydrogens (tertiary/aromatic N) is 1. The average molecular weight is 796 g/mol. The Bertz CT molecular complexity index is 1100. The number of carbonyl (C=O) groups excluding carboxylic acids is 1. The van der Waals surface area contributed by atoms with Gasteiger partial charge in [0.1, 0.15) is 19.3 Å². The van der Waals surface area contributed by atoms with Crippen LogP contribution in [0.25, 0.3) is 0 Å². The molecule has 4 N–H and O–H groups in total. The molecule has 1 amide bonds. The van der Waals surface area contributed by atoms with Crippen LogP contribution in [0.5, 0.6) is 0 Å². The number of hydrogen-bond donors (Lipinski definition) is 4. The quantitative estimate of drug-likeness (QED) is 0.0212. The van der Waals surface area contributed by atoms with E-state index in [2.05, 4.69) is 73.0 Å². The Hall–Kier alpha value is -1.84. The van der Waals surface area contributed by atoms with Gasteiger partial charge in [0, 0.05) is 6.42 Å². The van der Waals surface area contributed by atoms with E-state index >= 15 is 0 Å². The summed E-state index contributed by atoms with van der Waals surface area (Å²) in [5.74, 6) is -0.283. The molecule has 0 fully saturated rings. The number of phosphoric acid groups is 1. The molecule has 4 atom stereocenters. The summed E-state index contributed by atoms with van der Waals surface area (Å²) in [5, 5.41) is 24.6. The lowest BCUT2D eigenvalue weighted by atomic mass is 10.0. The number of phosphoric ester groups is 1. The summed E-state index contributed by atoms with van der Waals surface area (Å²) in [6, 6.07) is -1.06. The molecule has 9 nitrogen and oxygen atoms in total. The van der Waals surface area contributed by atoms with Gasteiger partial charge in [-0.1, -0.05) is 125 Å². The molecule has 0 saturated carbocycles. The van der Waals surface area contributed by atoms with Crippen LogP contribution in [-0.2, 0) is 18.4 Å². The van der Waals surface area contributed by atoms with Gasteiger partial charge in [0.05, 0.1) is 39.9 Å². The first-order valence-corrected chi connectivity index (χ1v) is 23.2. The summed E-state index contributed by atoms with van der Waals surface area (Å²) in [4.78, 5) is 23.1. The molecule has 0 aromatic rings. The number of unbranched alkanes of at least 4 members (excludes halogenated alkanes) is 15. The Balaban J connectivity index is 4.54. The maximum atomic E-state index is 12.9. The van der Waals surface area contributed by atoms with Crippen LogP contribution in [0.1, 0.15) is 162 Å². The molecular formula is C45H84N2O7P+. The van der Waals surface area contributed by atoms with Crippen LogP contribution in [0.2, 0.25) is 0 Å².